The number of nitrogens with one attached hydrogen (secondary N) is 1. The van der Waals surface area contributed by atoms with Crippen molar-refractivity contribution in [1.29, 1.82) is 0 Å². The molecular weight excluding hydrogens is 330 g/mol. The van der Waals surface area contributed by atoms with Crippen LogP contribution in [0.15, 0.2) is 29.2 Å². The van der Waals surface area contributed by atoms with Crippen LogP contribution in [0.3, 0.4) is 0 Å². The normalized spacial score (nSPS) is 12.8. The molecule has 24 heavy (non-hydrogen) atoms. The fraction of sp³-hybridized carbons (Fsp3) is 0.471. The minimum Gasteiger partial charge on any atom is -0.467 e. The highest BCUT2D eigenvalue weighted by Crippen LogP contribution is 2.20. The predicted molar refractivity (Wildman–Crippen MR) is 91.9 cm³/mol. The van der Waals surface area contributed by atoms with Crippen molar-refractivity contribution in [1.82, 2.24) is 5.32 Å². The number of hydrogen-bond acceptors (Lipinski definition) is 6. The molecule has 0 heterocycles. The van der Waals surface area contributed by atoms with E-state index in [1.54, 1.807) is 18.2 Å². The van der Waals surface area contributed by atoms with Crippen LogP contribution in [0.2, 0.25) is 0 Å². The summed E-state index contributed by atoms with van der Waals surface area (Å²) >= 11 is 1.42. The minimum atomic E-state index is -0.760. The van der Waals surface area contributed by atoms with E-state index in [-0.39, 0.29) is 5.92 Å². The first-order valence-electron chi connectivity index (χ1n) is 7.61. The first-order chi connectivity index (χ1) is 11.4. The number of thioether (sulfide) groups is 1. The molecule has 132 valence electrons. The van der Waals surface area contributed by atoms with Gasteiger partial charge in [-0.2, -0.15) is 0 Å². The van der Waals surface area contributed by atoms with Gasteiger partial charge >= 0.3 is 11.9 Å². The number of carbonyl (C=O) groups excluding carboxylic acids is 3. The lowest BCUT2D eigenvalue weighted by Gasteiger charge is -2.21. The van der Waals surface area contributed by atoms with Gasteiger partial charge in [0.25, 0.3) is 5.91 Å². The number of esters is 2. The van der Waals surface area contributed by atoms with Gasteiger partial charge < -0.3 is 14.8 Å². The summed E-state index contributed by atoms with van der Waals surface area (Å²) in [5, 5.41) is 2.56. The van der Waals surface area contributed by atoms with Crippen molar-refractivity contribution in [2.75, 3.05) is 20.0 Å². The standard InChI is InChI=1S/C17H23NO5S/c1-5-11(2)15(17(21)22-3)18-14(19)10-23-16(20)12-8-6-7-9-13(12)24-4/h6-9,11,15H,5,10H2,1-4H3,(H,18,19). The average molecular weight is 353 g/mol. The van der Waals surface area contributed by atoms with Crippen LogP contribution in [0.4, 0.5) is 0 Å². The zero-order valence-corrected chi connectivity index (χ0v) is 15.1. The summed E-state index contributed by atoms with van der Waals surface area (Å²) in [4.78, 5) is 36.6. The predicted octanol–water partition coefficient (Wildman–Crippen LogP) is 2.27. The second-order valence-corrected chi connectivity index (χ2v) is 6.08. The Morgan fingerprint density at radius 2 is 1.92 bits per heavy atom. The number of ether oxygens (including phenoxy) is 2. The van der Waals surface area contributed by atoms with Crippen molar-refractivity contribution < 1.29 is 23.9 Å². The van der Waals surface area contributed by atoms with Crippen LogP contribution >= 0.6 is 11.8 Å². The van der Waals surface area contributed by atoms with Crippen LogP contribution in [0.1, 0.15) is 30.6 Å². The molecule has 0 aliphatic rings. The lowest BCUT2D eigenvalue weighted by atomic mass is 9.99. The van der Waals surface area contributed by atoms with E-state index in [4.69, 9.17) is 9.47 Å². The topological polar surface area (TPSA) is 81.7 Å². The van der Waals surface area contributed by atoms with E-state index in [0.29, 0.717) is 12.0 Å². The van der Waals surface area contributed by atoms with E-state index < -0.39 is 30.5 Å². The third kappa shape index (κ3) is 5.56. The first kappa shape index (κ1) is 20.0. The van der Waals surface area contributed by atoms with Crippen LogP contribution in [-0.4, -0.2) is 43.9 Å². The van der Waals surface area contributed by atoms with E-state index in [0.717, 1.165) is 4.90 Å². The number of rotatable bonds is 8. The van der Waals surface area contributed by atoms with Crippen molar-refractivity contribution in [2.24, 2.45) is 5.92 Å². The molecular formula is C17H23NO5S. The van der Waals surface area contributed by atoms with E-state index in [9.17, 15) is 14.4 Å². The first-order valence-corrected chi connectivity index (χ1v) is 8.84. The van der Waals surface area contributed by atoms with Gasteiger partial charge in [-0.15, -0.1) is 11.8 Å². The number of hydrogen-bond donors (Lipinski definition) is 1. The average Bonchev–Trinajstić information content (AvgIpc) is 2.62. The molecule has 1 aromatic carbocycles. The van der Waals surface area contributed by atoms with Crippen molar-refractivity contribution in [2.45, 2.75) is 31.2 Å². The third-order valence-electron chi connectivity index (χ3n) is 3.65. The fourth-order valence-electron chi connectivity index (χ4n) is 2.03. The molecule has 2 unspecified atom stereocenters. The molecule has 1 amide bonds. The van der Waals surface area contributed by atoms with Crippen molar-refractivity contribution in [3.8, 4) is 0 Å². The second-order valence-electron chi connectivity index (χ2n) is 5.23. The smallest absolute Gasteiger partial charge is 0.339 e. The molecule has 6 nitrogen and oxygen atoms in total. The Kier molecular flexibility index (Phi) is 8.32. The summed E-state index contributed by atoms with van der Waals surface area (Å²) in [6.07, 6.45) is 2.55. The van der Waals surface area contributed by atoms with E-state index in [1.807, 2.05) is 26.2 Å². The second kappa shape index (κ2) is 9.97. The summed E-state index contributed by atoms with van der Waals surface area (Å²) < 4.78 is 9.74. The van der Waals surface area contributed by atoms with E-state index in [2.05, 4.69) is 5.32 Å². The van der Waals surface area contributed by atoms with E-state index >= 15 is 0 Å². The Morgan fingerprint density at radius 3 is 2.50 bits per heavy atom. The highest BCUT2D eigenvalue weighted by atomic mass is 32.2. The third-order valence-corrected chi connectivity index (χ3v) is 4.44. The van der Waals surface area contributed by atoms with E-state index in [1.165, 1.54) is 18.9 Å². The molecule has 1 rings (SSSR count). The van der Waals surface area contributed by atoms with Crippen molar-refractivity contribution in [3.63, 3.8) is 0 Å². The zero-order chi connectivity index (χ0) is 18.1. The van der Waals surface area contributed by atoms with Gasteiger partial charge in [0.2, 0.25) is 0 Å². The summed E-state index contributed by atoms with van der Waals surface area (Å²) in [7, 11) is 1.27. The van der Waals surface area contributed by atoms with Gasteiger partial charge in [0.1, 0.15) is 6.04 Å². The highest BCUT2D eigenvalue weighted by Gasteiger charge is 2.27. The lowest BCUT2D eigenvalue weighted by molar-refractivity contribution is -0.147. The summed E-state index contributed by atoms with van der Waals surface area (Å²) in [6.45, 7) is 3.29. The van der Waals surface area contributed by atoms with Gasteiger partial charge in [0, 0.05) is 4.90 Å². The summed E-state index contributed by atoms with van der Waals surface area (Å²) in [5.41, 5.74) is 0.407. The quantitative estimate of drug-likeness (QED) is 0.570. The van der Waals surface area contributed by atoms with Crippen molar-refractivity contribution in [3.05, 3.63) is 29.8 Å². The summed E-state index contributed by atoms with van der Waals surface area (Å²) in [5.74, 6) is -1.72. The molecule has 0 saturated carbocycles. The Balaban J connectivity index is 2.64. The Labute approximate surface area is 146 Å². The van der Waals surface area contributed by atoms with Crippen LogP contribution in [0, 0.1) is 5.92 Å². The molecule has 2 atom stereocenters. The van der Waals surface area contributed by atoms with Gasteiger partial charge in [-0.25, -0.2) is 9.59 Å². The Bertz CT molecular complexity index is 590. The minimum absolute atomic E-state index is 0.0886. The molecule has 0 saturated heterocycles. The largest absolute Gasteiger partial charge is 0.467 e. The monoisotopic (exact) mass is 353 g/mol. The van der Waals surface area contributed by atoms with Crippen LogP contribution < -0.4 is 5.32 Å². The Hall–Kier alpha value is -2.02. The maximum atomic E-state index is 12.1. The fourth-order valence-corrected chi connectivity index (χ4v) is 2.62. The molecule has 7 heteroatoms. The number of amides is 1. The highest BCUT2D eigenvalue weighted by molar-refractivity contribution is 7.98. The van der Waals surface area contributed by atoms with Crippen LogP contribution in [0.25, 0.3) is 0 Å². The van der Waals surface area contributed by atoms with Gasteiger partial charge in [-0.1, -0.05) is 32.4 Å². The molecule has 0 spiro atoms. The van der Waals surface area contributed by atoms with Gasteiger partial charge in [0.05, 0.1) is 12.7 Å². The maximum Gasteiger partial charge on any atom is 0.339 e. The molecule has 1 N–H and O–H groups in total. The summed E-state index contributed by atoms with van der Waals surface area (Å²) in [6, 6.07) is 6.24. The molecule has 0 fully saturated rings. The molecule has 0 radical (unpaired) electrons. The Morgan fingerprint density at radius 1 is 1.25 bits per heavy atom. The van der Waals surface area contributed by atoms with Gasteiger partial charge in [-0.05, 0) is 24.3 Å². The lowest BCUT2D eigenvalue weighted by Crippen LogP contribution is -2.47. The molecule has 0 bridgehead atoms. The zero-order valence-electron chi connectivity index (χ0n) is 14.3. The SMILES string of the molecule is CCC(C)C(NC(=O)COC(=O)c1ccccc1SC)C(=O)OC. The molecule has 0 aliphatic carbocycles. The van der Waals surface area contributed by atoms with Crippen LogP contribution in [-0.2, 0) is 19.1 Å². The molecule has 0 aliphatic heterocycles. The number of carbonyl (C=O) groups is 3. The maximum absolute atomic E-state index is 12.1. The molecule has 1 aromatic rings. The van der Waals surface area contributed by atoms with Crippen molar-refractivity contribution >= 4 is 29.6 Å². The van der Waals surface area contributed by atoms with Gasteiger partial charge in [0.15, 0.2) is 6.61 Å². The number of methoxy groups -OCH3 is 1. The number of benzene rings is 1. The van der Waals surface area contributed by atoms with Gasteiger partial charge in [-0.3, -0.25) is 4.79 Å². The van der Waals surface area contributed by atoms with Crippen LogP contribution in [0.5, 0.6) is 0 Å². The molecule has 0 aromatic heterocycles.